The number of aromatic nitrogens is 2. The molecule has 0 spiro atoms. The molecular weight excluding hydrogens is 186 g/mol. The van der Waals surface area contributed by atoms with E-state index in [1.807, 2.05) is 6.92 Å². The molecule has 4 nitrogen and oxygen atoms in total. The zero-order chi connectivity index (χ0) is 9.26. The molecule has 1 aliphatic rings. The van der Waals surface area contributed by atoms with E-state index in [-0.39, 0.29) is 0 Å². The summed E-state index contributed by atoms with van der Waals surface area (Å²) >= 11 is 1.42. The van der Waals surface area contributed by atoms with Gasteiger partial charge in [0.25, 0.3) is 0 Å². The summed E-state index contributed by atoms with van der Waals surface area (Å²) < 4.78 is 9.29. The van der Waals surface area contributed by atoms with Crippen molar-refractivity contribution >= 4 is 16.7 Å². The molecule has 2 rings (SSSR count). The van der Waals surface area contributed by atoms with Crippen LogP contribution in [0.4, 0.5) is 5.13 Å². The van der Waals surface area contributed by atoms with Gasteiger partial charge in [0, 0.05) is 24.7 Å². The number of ether oxygens (including phenoxy) is 1. The molecule has 1 heterocycles. The smallest absolute Gasteiger partial charge is 0.202 e. The average Bonchev–Trinajstić information content (AvgIpc) is 2.43. The number of hydrogen-bond donors (Lipinski definition) is 1. The Morgan fingerprint density at radius 1 is 1.54 bits per heavy atom. The third kappa shape index (κ3) is 1.97. The Morgan fingerprint density at radius 2 is 2.31 bits per heavy atom. The Kier molecular flexibility index (Phi) is 2.46. The monoisotopic (exact) mass is 199 g/mol. The number of aryl methyl sites for hydroxylation is 1. The van der Waals surface area contributed by atoms with Gasteiger partial charge in [-0.25, -0.2) is 4.98 Å². The third-order valence-corrected chi connectivity index (χ3v) is 3.02. The number of anilines is 1. The van der Waals surface area contributed by atoms with Crippen molar-refractivity contribution < 1.29 is 4.74 Å². The standard InChI is InChI=1S/C8H13N3OS/c1-5-9-8(13-11-5)10-6-3-7(4-6)12-2/h6-7H,3-4H2,1-2H3,(H,9,10,11). The summed E-state index contributed by atoms with van der Waals surface area (Å²) in [7, 11) is 1.76. The van der Waals surface area contributed by atoms with Gasteiger partial charge in [-0.3, -0.25) is 0 Å². The normalized spacial score (nSPS) is 26.9. The van der Waals surface area contributed by atoms with E-state index in [4.69, 9.17) is 4.74 Å². The Balaban J connectivity index is 1.81. The highest BCUT2D eigenvalue weighted by Gasteiger charge is 2.29. The van der Waals surface area contributed by atoms with Gasteiger partial charge in [0.15, 0.2) is 0 Å². The van der Waals surface area contributed by atoms with E-state index >= 15 is 0 Å². The van der Waals surface area contributed by atoms with Crippen LogP contribution in [-0.4, -0.2) is 28.6 Å². The van der Waals surface area contributed by atoms with Gasteiger partial charge in [-0.2, -0.15) is 4.37 Å². The summed E-state index contributed by atoms with van der Waals surface area (Å²) in [6, 6.07) is 0.525. The van der Waals surface area contributed by atoms with Crippen LogP contribution in [-0.2, 0) is 4.74 Å². The summed E-state index contributed by atoms with van der Waals surface area (Å²) in [6.07, 6.45) is 2.59. The third-order valence-electron chi connectivity index (χ3n) is 2.28. The molecule has 0 atom stereocenters. The lowest BCUT2D eigenvalue weighted by molar-refractivity contribution is 0.0328. The first-order valence-corrected chi connectivity index (χ1v) is 5.15. The van der Waals surface area contributed by atoms with Gasteiger partial charge in [0.1, 0.15) is 5.82 Å². The summed E-state index contributed by atoms with van der Waals surface area (Å²) in [6.45, 7) is 1.90. The second-order valence-corrected chi connectivity index (χ2v) is 4.07. The summed E-state index contributed by atoms with van der Waals surface area (Å²) in [5, 5.41) is 4.26. The quantitative estimate of drug-likeness (QED) is 0.800. The minimum absolute atomic E-state index is 0.437. The maximum absolute atomic E-state index is 5.19. The lowest BCUT2D eigenvalue weighted by atomic mass is 9.89. The summed E-state index contributed by atoms with van der Waals surface area (Å²) in [4.78, 5) is 4.24. The Bertz CT molecular complexity index is 283. The molecule has 0 aliphatic heterocycles. The van der Waals surface area contributed by atoms with Crippen molar-refractivity contribution in [2.75, 3.05) is 12.4 Å². The molecule has 1 N–H and O–H groups in total. The largest absolute Gasteiger partial charge is 0.381 e. The Morgan fingerprint density at radius 3 is 2.85 bits per heavy atom. The molecule has 0 saturated heterocycles. The van der Waals surface area contributed by atoms with E-state index < -0.39 is 0 Å². The molecule has 1 saturated carbocycles. The Labute approximate surface area is 81.5 Å². The first-order chi connectivity index (χ1) is 6.28. The van der Waals surface area contributed by atoms with E-state index in [0.717, 1.165) is 23.8 Å². The van der Waals surface area contributed by atoms with E-state index in [9.17, 15) is 0 Å². The molecule has 0 aromatic carbocycles. The molecule has 0 amide bonds. The van der Waals surface area contributed by atoms with Crippen LogP contribution in [0.2, 0.25) is 0 Å². The van der Waals surface area contributed by atoms with E-state index in [1.54, 1.807) is 7.11 Å². The number of hydrogen-bond acceptors (Lipinski definition) is 5. The van der Waals surface area contributed by atoms with Crippen molar-refractivity contribution in [3.8, 4) is 0 Å². The second-order valence-electron chi connectivity index (χ2n) is 3.32. The number of nitrogens with zero attached hydrogens (tertiary/aromatic N) is 2. The number of methoxy groups -OCH3 is 1. The number of rotatable bonds is 3. The highest BCUT2D eigenvalue weighted by molar-refractivity contribution is 7.09. The fourth-order valence-electron chi connectivity index (χ4n) is 1.41. The first kappa shape index (κ1) is 8.90. The molecular formula is C8H13N3OS. The van der Waals surface area contributed by atoms with Crippen LogP contribution in [0.1, 0.15) is 18.7 Å². The lowest BCUT2D eigenvalue weighted by Gasteiger charge is -2.34. The highest BCUT2D eigenvalue weighted by Crippen LogP contribution is 2.26. The van der Waals surface area contributed by atoms with Gasteiger partial charge < -0.3 is 10.1 Å². The first-order valence-electron chi connectivity index (χ1n) is 4.37. The maximum Gasteiger partial charge on any atom is 0.202 e. The van der Waals surface area contributed by atoms with E-state index in [2.05, 4.69) is 14.7 Å². The fraction of sp³-hybridized carbons (Fsp3) is 0.750. The SMILES string of the molecule is COC1CC(Nc2nc(C)ns2)C1. The van der Waals surface area contributed by atoms with Gasteiger partial charge >= 0.3 is 0 Å². The van der Waals surface area contributed by atoms with Gasteiger partial charge in [-0.15, -0.1) is 0 Å². The van der Waals surface area contributed by atoms with Crippen LogP contribution in [0.5, 0.6) is 0 Å². The van der Waals surface area contributed by atoms with Gasteiger partial charge in [0.05, 0.1) is 6.10 Å². The molecule has 72 valence electrons. The lowest BCUT2D eigenvalue weighted by Crippen LogP contribution is -2.40. The van der Waals surface area contributed by atoms with Crippen LogP contribution in [0.25, 0.3) is 0 Å². The average molecular weight is 199 g/mol. The number of nitrogens with one attached hydrogen (secondary N) is 1. The van der Waals surface area contributed by atoms with Crippen molar-refractivity contribution in [1.29, 1.82) is 0 Å². The molecule has 1 fully saturated rings. The van der Waals surface area contributed by atoms with Crippen molar-refractivity contribution in [3.05, 3.63) is 5.82 Å². The van der Waals surface area contributed by atoms with Gasteiger partial charge in [-0.1, -0.05) is 0 Å². The minimum Gasteiger partial charge on any atom is -0.381 e. The summed E-state index contributed by atoms with van der Waals surface area (Å²) in [5.74, 6) is 0.843. The van der Waals surface area contributed by atoms with E-state index in [1.165, 1.54) is 11.5 Å². The van der Waals surface area contributed by atoms with Crippen LogP contribution in [0.15, 0.2) is 0 Å². The zero-order valence-corrected chi connectivity index (χ0v) is 8.60. The van der Waals surface area contributed by atoms with Crippen molar-refractivity contribution in [2.45, 2.75) is 31.9 Å². The topological polar surface area (TPSA) is 47.0 Å². The van der Waals surface area contributed by atoms with Crippen LogP contribution < -0.4 is 5.32 Å². The van der Waals surface area contributed by atoms with Crippen LogP contribution in [0, 0.1) is 6.92 Å². The van der Waals surface area contributed by atoms with Crippen LogP contribution in [0.3, 0.4) is 0 Å². The highest BCUT2D eigenvalue weighted by atomic mass is 32.1. The van der Waals surface area contributed by atoms with E-state index in [0.29, 0.717) is 12.1 Å². The predicted molar refractivity (Wildman–Crippen MR) is 52.1 cm³/mol. The predicted octanol–water partition coefficient (Wildman–Crippen LogP) is 1.44. The molecule has 0 bridgehead atoms. The van der Waals surface area contributed by atoms with Crippen molar-refractivity contribution in [2.24, 2.45) is 0 Å². The zero-order valence-electron chi connectivity index (χ0n) is 7.78. The van der Waals surface area contributed by atoms with Crippen LogP contribution >= 0.6 is 11.5 Å². The Hall–Kier alpha value is -0.680. The van der Waals surface area contributed by atoms with Crippen molar-refractivity contribution in [1.82, 2.24) is 9.36 Å². The molecule has 0 unspecified atom stereocenters. The summed E-state index contributed by atoms with van der Waals surface area (Å²) in [5.41, 5.74) is 0. The fourth-order valence-corrected chi connectivity index (χ4v) is 2.06. The van der Waals surface area contributed by atoms with Gasteiger partial charge in [-0.05, 0) is 19.8 Å². The molecule has 5 heteroatoms. The maximum atomic E-state index is 5.19. The van der Waals surface area contributed by atoms with Gasteiger partial charge in [0.2, 0.25) is 5.13 Å². The molecule has 0 radical (unpaired) electrons. The second kappa shape index (κ2) is 3.59. The molecule has 13 heavy (non-hydrogen) atoms. The minimum atomic E-state index is 0.437. The molecule has 1 aliphatic carbocycles. The van der Waals surface area contributed by atoms with Crippen molar-refractivity contribution in [3.63, 3.8) is 0 Å². The molecule has 1 aromatic rings. The molecule has 1 aromatic heterocycles.